The number of para-hydroxylation sites is 2. The van der Waals surface area contributed by atoms with E-state index in [0.29, 0.717) is 13.2 Å². The molecule has 352 valence electrons. The maximum Gasteiger partial charge on any atom is 0.306 e. The van der Waals surface area contributed by atoms with Gasteiger partial charge in [0.1, 0.15) is 48.0 Å². The molecule has 2 saturated heterocycles. The number of nitrogens with zero attached hydrogens (tertiary/aromatic N) is 2. The van der Waals surface area contributed by atoms with Gasteiger partial charge in [0.25, 0.3) is 0 Å². The largest absolute Gasteiger partial charge is 0.492 e. The SMILES string of the molecule is NC(c1ccc(F)cc1)c1ccc(F)cc1.O=C(NC(c1ccc(F)cc1)c1ccc(F)cc1)C1CCN(CCOc2ccccc2)CC1.O=C(O)C1CCN(CCOc2ccccc2)CC1. The standard InChI is InChI=1S/C27H28F2N2O2.C14H19NO3.C13H11F2N/c28-23-10-6-20(7-11-23)26(21-8-12-24(29)13-9-21)30-27(32)22-14-16-31(17-15-22)18-19-33-25-4-2-1-3-5-25;16-14(17)12-6-8-15(9-7-12)10-11-18-13-4-2-1-3-5-13;14-11-5-1-9(2-6-11)13(16)10-3-7-12(15)8-4-10/h1-13,22,26H,14-19H2,(H,30,32);1-5,12H,6-11H2,(H,16,17);1-8,13H,16H2. The van der Waals surface area contributed by atoms with E-state index in [2.05, 4.69) is 15.1 Å². The molecule has 2 heterocycles. The molecule has 1 amide bonds. The first-order valence-electron chi connectivity index (χ1n) is 22.6. The minimum atomic E-state index is -0.657. The van der Waals surface area contributed by atoms with Gasteiger partial charge >= 0.3 is 5.97 Å². The Morgan fingerprint density at radius 3 is 1.19 bits per heavy atom. The van der Waals surface area contributed by atoms with Gasteiger partial charge in [0, 0.05) is 19.0 Å². The van der Waals surface area contributed by atoms with E-state index >= 15 is 0 Å². The van der Waals surface area contributed by atoms with Gasteiger partial charge in [0.05, 0.1) is 18.0 Å². The van der Waals surface area contributed by atoms with Gasteiger partial charge in [-0.25, -0.2) is 17.6 Å². The molecule has 0 spiro atoms. The van der Waals surface area contributed by atoms with E-state index in [4.69, 9.17) is 20.3 Å². The Bertz CT molecular complexity index is 2270. The van der Waals surface area contributed by atoms with Crippen molar-refractivity contribution in [2.75, 3.05) is 52.5 Å². The molecule has 13 heteroatoms. The van der Waals surface area contributed by atoms with E-state index in [9.17, 15) is 27.2 Å². The van der Waals surface area contributed by atoms with Crippen LogP contribution < -0.4 is 20.5 Å². The molecule has 0 unspecified atom stereocenters. The first-order valence-corrected chi connectivity index (χ1v) is 22.6. The zero-order valence-electron chi connectivity index (χ0n) is 37.4. The van der Waals surface area contributed by atoms with E-state index in [-0.39, 0.29) is 47.1 Å². The Kier molecular flexibility index (Phi) is 19.3. The van der Waals surface area contributed by atoms with E-state index < -0.39 is 12.0 Å². The van der Waals surface area contributed by atoms with Crippen LogP contribution in [0, 0.1) is 35.1 Å². The number of aliphatic carboxylic acids is 1. The fraction of sp³-hybridized carbons (Fsp3) is 0.296. The lowest BCUT2D eigenvalue weighted by Crippen LogP contribution is -2.42. The van der Waals surface area contributed by atoms with Crippen LogP contribution in [0.1, 0.15) is 60.0 Å². The maximum absolute atomic E-state index is 13.4. The smallest absolute Gasteiger partial charge is 0.306 e. The van der Waals surface area contributed by atoms with Crippen LogP contribution in [0.3, 0.4) is 0 Å². The Labute approximate surface area is 390 Å². The lowest BCUT2D eigenvalue weighted by molar-refractivity contribution is -0.143. The van der Waals surface area contributed by atoms with Crippen LogP contribution in [-0.4, -0.2) is 79.3 Å². The van der Waals surface area contributed by atoms with Gasteiger partial charge in [-0.3, -0.25) is 19.4 Å². The summed E-state index contributed by atoms with van der Waals surface area (Å²) in [7, 11) is 0. The van der Waals surface area contributed by atoms with Crippen molar-refractivity contribution < 1.29 is 41.7 Å². The summed E-state index contributed by atoms with van der Waals surface area (Å²) in [5, 5.41) is 12.0. The number of amides is 1. The van der Waals surface area contributed by atoms with Crippen LogP contribution in [0.4, 0.5) is 17.6 Å². The molecule has 6 aromatic rings. The van der Waals surface area contributed by atoms with Crippen molar-refractivity contribution in [3.8, 4) is 11.5 Å². The number of hydrogen-bond acceptors (Lipinski definition) is 7. The highest BCUT2D eigenvalue weighted by Gasteiger charge is 2.28. The lowest BCUT2D eigenvalue weighted by Gasteiger charge is -2.32. The minimum absolute atomic E-state index is 0.0335. The van der Waals surface area contributed by atoms with E-state index in [0.717, 1.165) is 98.7 Å². The molecule has 4 N–H and O–H groups in total. The molecule has 67 heavy (non-hydrogen) atoms. The molecular weight excluding hydrogens is 861 g/mol. The van der Waals surface area contributed by atoms with Crippen molar-refractivity contribution in [3.05, 3.63) is 203 Å². The second kappa shape index (κ2) is 26.0. The van der Waals surface area contributed by atoms with Crippen LogP contribution in [-0.2, 0) is 9.59 Å². The fourth-order valence-corrected chi connectivity index (χ4v) is 7.90. The van der Waals surface area contributed by atoms with Gasteiger partial charge in [0.2, 0.25) is 5.91 Å². The quantitative estimate of drug-likeness (QED) is 0.0873. The van der Waals surface area contributed by atoms with Crippen LogP contribution >= 0.6 is 0 Å². The van der Waals surface area contributed by atoms with Gasteiger partial charge in [-0.2, -0.15) is 0 Å². The van der Waals surface area contributed by atoms with Crippen LogP contribution in [0.2, 0.25) is 0 Å². The molecule has 8 rings (SSSR count). The Morgan fingerprint density at radius 2 is 0.851 bits per heavy atom. The second-order valence-corrected chi connectivity index (χ2v) is 16.5. The number of halogens is 4. The summed E-state index contributed by atoms with van der Waals surface area (Å²) < 4.78 is 63.7. The number of likely N-dealkylation sites (tertiary alicyclic amines) is 2. The molecule has 9 nitrogen and oxygen atoms in total. The number of carbonyl (C=O) groups is 2. The van der Waals surface area contributed by atoms with Crippen LogP contribution in [0.5, 0.6) is 11.5 Å². The highest BCUT2D eigenvalue weighted by atomic mass is 19.1. The summed E-state index contributed by atoms with van der Waals surface area (Å²) in [5.41, 5.74) is 9.08. The molecule has 2 aliphatic heterocycles. The molecule has 0 bridgehead atoms. The average molecular weight is 919 g/mol. The Morgan fingerprint density at radius 1 is 0.522 bits per heavy atom. The summed E-state index contributed by atoms with van der Waals surface area (Å²) in [6.07, 6.45) is 3.02. The normalized spacial score (nSPS) is 14.6. The summed E-state index contributed by atoms with van der Waals surface area (Å²) in [5.74, 6) is -0.472. The number of rotatable bonds is 15. The fourth-order valence-electron chi connectivity index (χ4n) is 7.90. The Balaban J connectivity index is 0.000000183. The number of ether oxygens (including phenoxy) is 2. The number of carboxylic acids is 1. The van der Waals surface area contributed by atoms with E-state index in [1.807, 2.05) is 60.7 Å². The summed E-state index contributed by atoms with van der Waals surface area (Å²) in [6, 6.07) is 42.7. The zero-order valence-corrected chi connectivity index (χ0v) is 37.4. The Hall–Kier alpha value is -6.54. The second-order valence-electron chi connectivity index (χ2n) is 16.5. The average Bonchev–Trinajstić information content (AvgIpc) is 3.35. The van der Waals surface area contributed by atoms with Gasteiger partial charge in [-0.1, -0.05) is 84.9 Å². The van der Waals surface area contributed by atoms with E-state index in [1.54, 1.807) is 48.5 Å². The third kappa shape index (κ3) is 16.4. The molecule has 2 aliphatic rings. The molecule has 0 aromatic heterocycles. The van der Waals surface area contributed by atoms with Crippen molar-refractivity contribution >= 4 is 11.9 Å². The summed E-state index contributed by atoms with van der Waals surface area (Å²) in [6.45, 7) is 6.31. The molecule has 2 fully saturated rings. The number of hydrogen-bond donors (Lipinski definition) is 3. The number of piperidine rings is 2. The topological polar surface area (TPSA) is 117 Å². The number of carbonyl (C=O) groups excluding carboxylic acids is 1. The number of nitrogens with two attached hydrogens (primary N) is 1. The molecule has 0 radical (unpaired) electrons. The third-order valence-corrected chi connectivity index (χ3v) is 11.9. The predicted octanol–water partition coefficient (Wildman–Crippen LogP) is 9.84. The monoisotopic (exact) mass is 918 g/mol. The van der Waals surface area contributed by atoms with Gasteiger partial charge < -0.3 is 25.6 Å². The molecule has 0 saturated carbocycles. The van der Waals surface area contributed by atoms with Crippen LogP contribution in [0.25, 0.3) is 0 Å². The number of carboxylic acid groups (broad SMARTS) is 1. The maximum atomic E-state index is 13.4. The van der Waals surface area contributed by atoms with Gasteiger partial charge in [-0.05, 0) is 147 Å². The lowest BCUT2D eigenvalue weighted by atomic mass is 9.93. The minimum Gasteiger partial charge on any atom is -0.492 e. The van der Waals surface area contributed by atoms with Crippen molar-refractivity contribution in [2.24, 2.45) is 17.6 Å². The van der Waals surface area contributed by atoms with Crippen molar-refractivity contribution in [2.45, 2.75) is 37.8 Å². The summed E-state index contributed by atoms with van der Waals surface area (Å²) >= 11 is 0. The highest BCUT2D eigenvalue weighted by Crippen LogP contribution is 2.26. The highest BCUT2D eigenvalue weighted by molar-refractivity contribution is 5.79. The van der Waals surface area contributed by atoms with Gasteiger partial charge in [-0.15, -0.1) is 0 Å². The van der Waals surface area contributed by atoms with Crippen molar-refractivity contribution in [1.29, 1.82) is 0 Å². The summed E-state index contributed by atoms with van der Waals surface area (Å²) in [4.78, 5) is 28.5. The molecule has 0 atom stereocenters. The first kappa shape index (κ1) is 49.9. The van der Waals surface area contributed by atoms with Crippen molar-refractivity contribution in [3.63, 3.8) is 0 Å². The molecule has 0 aliphatic carbocycles. The predicted molar refractivity (Wildman–Crippen MR) is 251 cm³/mol. The zero-order chi connectivity index (χ0) is 47.4. The third-order valence-electron chi connectivity index (χ3n) is 11.9. The van der Waals surface area contributed by atoms with Crippen LogP contribution in [0.15, 0.2) is 158 Å². The van der Waals surface area contributed by atoms with Crippen molar-refractivity contribution in [1.82, 2.24) is 15.1 Å². The first-order chi connectivity index (χ1) is 32.5. The van der Waals surface area contributed by atoms with Gasteiger partial charge in [0.15, 0.2) is 0 Å². The molecular formula is C54H58F4N4O5. The number of nitrogens with one attached hydrogen (secondary N) is 1. The molecule has 6 aromatic carbocycles. The number of benzene rings is 6. The van der Waals surface area contributed by atoms with E-state index in [1.165, 1.54) is 48.5 Å².